The molecule has 0 aliphatic carbocycles. The number of hydrogen-bond donors (Lipinski definition) is 2. The van der Waals surface area contributed by atoms with Crippen LogP contribution in [0.1, 0.15) is 23.0 Å². The molecule has 7 heteroatoms. The van der Waals surface area contributed by atoms with Crippen molar-refractivity contribution in [2.75, 3.05) is 6.54 Å². The lowest BCUT2D eigenvalue weighted by atomic mass is 10.1. The van der Waals surface area contributed by atoms with Crippen LogP contribution in [0.5, 0.6) is 5.75 Å². The minimum Gasteiger partial charge on any atom is -0.504 e. The van der Waals surface area contributed by atoms with Gasteiger partial charge in [-0.3, -0.25) is 4.79 Å². The third kappa shape index (κ3) is 3.22. The molecule has 0 atom stereocenters. The number of carbonyl (C=O) groups is 1. The standard InChI is InChI=1S/C21H19FN4O2/c1-2-25(12-14-7-8-17-15(11-14)9-10-23-17)21(28)20-19(27)13-26(24-20)18-6-4-3-5-16(18)22/h3-11,13,23,27H,2,12H2,1H3. The molecule has 142 valence electrons. The Balaban J connectivity index is 1.61. The van der Waals surface area contributed by atoms with Gasteiger partial charge in [0, 0.05) is 24.8 Å². The van der Waals surface area contributed by atoms with Gasteiger partial charge in [-0.2, -0.15) is 5.10 Å². The number of halogens is 1. The van der Waals surface area contributed by atoms with E-state index in [1.54, 1.807) is 17.0 Å². The topological polar surface area (TPSA) is 74.2 Å². The van der Waals surface area contributed by atoms with Crippen LogP contribution in [0.15, 0.2) is 60.9 Å². The molecule has 0 spiro atoms. The van der Waals surface area contributed by atoms with Gasteiger partial charge in [0.05, 0.1) is 6.20 Å². The lowest BCUT2D eigenvalue weighted by molar-refractivity contribution is 0.0743. The largest absolute Gasteiger partial charge is 0.504 e. The molecule has 0 fully saturated rings. The van der Waals surface area contributed by atoms with E-state index < -0.39 is 11.7 Å². The molecule has 0 unspecified atom stereocenters. The first-order valence-corrected chi connectivity index (χ1v) is 8.95. The maximum Gasteiger partial charge on any atom is 0.278 e. The molecule has 0 aliphatic rings. The summed E-state index contributed by atoms with van der Waals surface area (Å²) >= 11 is 0. The summed E-state index contributed by atoms with van der Waals surface area (Å²) in [6.07, 6.45) is 3.11. The molecule has 0 radical (unpaired) electrons. The normalized spacial score (nSPS) is 11.1. The average Bonchev–Trinajstić information content (AvgIpc) is 3.32. The molecule has 6 nitrogen and oxygen atoms in total. The summed E-state index contributed by atoms with van der Waals surface area (Å²) in [7, 11) is 0. The van der Waals surface area contributed by atoms with E-state index in [-0.39, 0.29) is 17.1 Å². The summed E-state index contributed by atoms with van der Waals surface area (Å²) in [6.45, 7) is 2.68. The number of fused-ring (bicyclic) bond motifs is 1. The Hall–Kier alpha value is -3.61. The van der Waals surface area contributed by atoms with Crippen LogP contribution in [0.25, 0.3) is 16.6 Å². The maximum atomic E-state index is 14.0. The smallest absolute Gasteiger partial charge is 0.278 e. The second-order valence-electron chi connectivity index (χ2n) is 6.48. The number of nitrogens with one attached hydrogen (secondary N) is 1. The summed E-state index contributed by atoms with van der Waals surface area (Å²) < 4.78 is 15.2. The molecule has 4 rings (SSSR count). The predicted molar refractivity (Wildman–Crippen MR) is 104 cm³/mol. The molecule has 0 saturated carbocycles. The van der Waals surface area contributed by atoms with E-state index in [0.717, 1.165) is 16.5 Å². The predicted octanol–water partition coefficient (Wildman–Crippen LogP) is 3.86. The average molecular weight is 378 g/mol. The zero-order valence-electron chi connectivity index (χ0n) is 15.3. The molecule has 4 aromatic rings. The number of hydrogen-bond acceptors (Lipinski definition) is 3. The van der Waals surface area contributed by atoms with E-state index in [9.17, 15) is 14.3 Å². The van der Waals surface area contributed by atoms with Crippen LogP contribution in [0.4, 0.5) is 4.39 Å². The molecular formula is C21H19FN4O2. The first-order chi connectivity index (χ1) is 13.6. The van der Waals surface area contributed by atoms with E-state index in [1.807, 2.05) is 37.4 Å². The quantitative estimate of drug-likeness (QED) is 0.554. The number of H-pyrrole nitrogens is 1. The van der Waals surface area contributed by atoms with Gasteiger partial charge >= 0.3 is 0 Å². The Bertz CT molecular complexity index is 1150. The number of amides is 1. The summed E-state index contributed by atoms with van der Waals surface area (Å²) in [6, 6.07) is 14.0. The highest BCUT2D eigenvalue weighted by Gasteiger charge is 2.23. The second-order valence-corrected chi connectivity index (χ2v) is 6.48. The van der Waals surface area contributed by atoms with Crippen LogP contribution in [-0.2, 0) is 6.54 Å². The maximum absolute atomic E-state index is 14.0. The Morgan fingerprint density at radius 3 is 2.86 bits per heavy atom. The zero-order chi connectivity index (χ0) is 19.7. The van der Waals surface area contributed by atoms with Crippen molar-refractivity contribution in [1.82, 2.24) is 19.7 Å². The molecular weight excluding hydrogens is 359 g/mol. The van der Waals surface area contributed by atoms with Crippen LogP contribution < -0.4 is 0 Å². The fourth-order valence-electron chi connectivity index (χ4n) is 3.18. The van der Waals surface area contributed by atoms with Gasteiger partial charge in [-0.15, -0.1) is 0 Å². The minimum atomic E-state index is -0.490. The molecule has 28 heavy (non-hydrogen) atoms. The fourth-order valence-corrected chi connectivity index (χ4v) is 3.18. The van der Waals surface area contributed by atoms with Gasteiger partial charge in [0.25, 0.3) is 5.91 Å². The number of aromatic amines is 1. The first-order valence-electron chi connectivity index (χ1n) is 8.95. The van der Waals surface area contributed by atoms with Crippen LogP contribution in [0.3, 0.4) is 0 Å². The number of benzene rings is 2. The van der Waals surface area contributed by atoms with Crippen molar-refractivity contribution in [3.63, 3.8) is 0 Å². The Morgan fingerprint density at radius 1 is 1.25 bits per heavy atom. The molecule has 2 aromatic heterocycles. The highest BCUT2D eigenvalue weighted by molar-refractivity contribution is 5.95. The van der Waals surface area contributed by atoms with Gasteiger partial charge in [0.15, 0.2) is 11.4 Å². The Labute approximate surface area is 160 Å². The summed E-state index contributed by atoms with van der Waals surface area (Å²) in [5.41, 5.74) is 2.06. The van der Waals surface area contributed by atoms with Crippen molar-refractivity contribution in [2.45, 2.75) is 13.5 Å². The van der Waals surface area contributed by atoms with Crippen molar-refractivity contribution in [2.24, 2.45) is 0 Å². The van der Waals surface area contributed by atoms with Crippen molar-refractivity contribution in [3.8, 4) is 11.4 Å². The van der Waals surface area contributed by atoms with Crippen LogP contribution in [0, 0.1) is 5.82 Å². The fraction of sp³-hybridized carbons (Fsp3) is 0.143. The van der Waals surface area contributed by atoms with E-state index in [1.165, 1.54) is 23.0 Å². The van der Waals surface area contributed by atoms with Crippen molar-refractivity contribution >= 4 is 16.8 Å². The van der Waals surface area contributed by atoms with E-state index in [2.05, 4.69) is 10.1 Å². The summed E-state index contributed by atoms with van der Waals surface area (Å²) in [5, 5.41) is 15.4. The molecule has 2 N–H and O–H groups in total. The molecule has 0 bridgehead atoms. The number of carbonyl (C=O) groups excluding carboxylic acids is 1. The van der Waals surface area contributed by atoms with E-state index >= 15 is 0 Å². The molecule has 2 heterocycles. The molecule has 1 amide bonds. The van der Waals surface area contributed by atoms with Gasteiger partial charge < -0.3 is 15.0 Å². The van der Waals surface area contributed by atoms with Crippen molar-refractivity contribution < 1.29 is 14.3 Å². The highest BCUT2D eigenvalue weighted by atomic mass is 19.1. The number of aromatic hydroxyl groups is 1. The summed E-state index contributed by atoms with van der Waals surface area (Å²) in [5.74, 6) is -1.19. The van der Waals surface area contributed by atoms with Crippen molar-refractivity contribution in [1.29, 1.82) is 0 Å². The lowest BCUT2D eigenvalue weighted by Gasteiger charge is -2.20. The highest BCUT2D eigenvalue weighted by Crippen LogP contribution is 2.22. The number of para-hydroxylation sites is 1. The van der Waals surface area contributed by atoms with Gasteiger partial charge in [0.1, 0.15) is 11.5 Å². The second kappa shape index (κ2) is 7.19. The van der Waals surface area contributed by atoms with Crippen LogP contribution in [-0.4, -0.2) is 37.2 Å². The SMILES string of the molecule is CCN(Cc1ccc2[nH]ccc2c1)C(=O)c1nn(-c2ccccc2F)cc1O. The molecule has 0 saturated heterocycles. The van der Waals surface area contributed by atoms with Crippen molar-refractivity contribution in [3.05, 3.63) is 78.0 Å². The monoisotopic (exact) mass is 378 g/mol. The van der Waals surface area contributed by atoms with E-state index in [0.29, 0.717) is 13.1 Å². The molecule has 2 aromatic carbocycles. The van der Waals surface area contributed by atoms with Gasteiger partial charge in [-0.25, -0.2) is 9.07 Å². The van der Waals surface area contributed by atoms with Crippen LogP contribution >= 0.6 is 0 Å². The third-order valence-corrected chi connectivity index (χ3v) is 4.66. The van der Waals surface area contributed by atoms with Gasteiger partial charge in [-0.05, 0) is 48.2 Å². The van der Waals surface area contributed by atoms with E-state index in [4.69, 9.17) is 0 Å². The zero-order valence-corrected chi connectivity index (χ0v) is 15.3. The van der Waals surface area contributed by atoms with Gasteiger partial charge in [-0.1, -0.05) is 18.2 Å². The minimum absolute atomic E-state index is 0.104. The van der Waals surface area contributed by atoms with Gasteiger partial charge in [0.2, 0.25) is 0 Å². The Morgan fingerprint density at radius 2 is 2.07 bits per heavy atom. The Kier molecular flexibility index (Phi) is 4.57. The van der Waals surface area contributed by atoms with Crippen LogP contribution in [0.2, 0.25) is 0 Å². The number of nitrogens with zero attached hydrogens (tertiary/aromatic N) is 3. The third-order valence-electron chi connectivity index (χ3n) is 4.66. The number of rotatable bonds is 5. The summed E-state index contributed by atoms with van der Waals surface area (Å²) in [4.78, 5) is 17.7. The molecule has 0 aliphatic heterocycles. The lowest BCUT2D eigenvalue weighted by Crippen LogP contribution is -2.30. The number of aromatic nitrogens is 3. The first kappa shape index (κ1) is 17.8.